The van der Waals surface area contributed by atoms with E-state index in [-0.39, 0.29) is 24.3 Å². The number of unbranched alkanes of at least 4 members (excludes halogenated alkanes) is 3. The topological polar surface area (TPSA) is 69.7 Å². The van der Waals surface area contributed by atoms with Crippen molar-refractivity contribution in [3.8, 4) is 0 Å². The lowest BCUT2D eigenvalue weighted by Gasteiger charge is -2.40. The first-order chi connectivity index (χ1) is 14.1. The van der Waals surface area contributed by atoms with Crippen molar-refractivity contribution >= 4 is 23.4 Å². The highest BCUT2D eigenvalue weighted by Crippen LogP contribution is 2.44. The molecule has 6 nitrogen and oxygen atoms in total. The molecule has 6 heteroatoms. The van der Waals surface area contributed by atoms with Gasteiger partial charge in [-0.3, -0.25) is 19.3 Å². The molecule has 29 heavy (non-hydrogen) atoms. The van der Waals surface area contributed by atoms with Crippen LogP contribution in [-0.4, -0.2) is 35.7 Å². The fraction of sp³-hybridized carbons (Fsp3) is 0.348. The van der Waals surface area contributed by atoms with Crippen molar-refractivity contribution in [2.45, 2.75) is 38.8 Å². The maximum Gasteiger partial charge on any atom is 0.260 e. The monoisotopic (exact) mass is 391 g/mol. The SMILES string of the molecule is CCCCCCNC(=O)CN1C(=O)c2ccccc2N2C(=O)c3ccccc3[C@H]12. The molecule has 3 amide bonds. The second-order valence-corrected chi connectivity index (χ2v) is 7.50. The van der Waals surface area contributed by atoms with Gasteiger partial charge in [0.25, 0.3) is 11.8 Å². The van der Waals surface area contributed by atoms with E-state index in [0.29, 0.717) is 23.4 Å². The van der Waals surface area contributed by atoms with Crippen LogP contribution in [0.25, 0.3) is 0 Å². The number of fused-ring (bicyclic) bond motifs is 5. The Labute approximate surface area is 170 Å². The normalized spacial score (nSPS) is 17.1. The van der Waals surface area contributed by atoms with Gasteiger partial charge in [0, 0.05) is 17.7 Å². The standard InChI is InChI=1S/C23H25N3O3/c1-2-3-4-9-14-24-20(27)15-25-21-16-10-5-6-11-17(16)23(29)26(21)19-13-8-7-12-18(19)22(25)28/h5-8,10-13,21H,2-4,9,14-15H2,1H3,(H,24,27)/t21-/m1/s1. The molecule has 1 atom stereocenters. The number of carbonyl (C=O) groups is 3. The average Bonchev–Trinajstić information content (AvgIpc) is 3.04. The predicted molar refractivity (Wildman–Crippen MR) is 111 cm³/mol. The zero-order valence-electron chi connectivity index (χ0n) is 16.6. The molecule has 150 valence electrons. The van der Waals surface area contributed by atoms with E-state index < -0.39 is 6.17 Å². The Morgan fingerprint density at radius 1 is 0.931 bits per heavy atom. The van der Waals surface area contributed by atoms with Crippen LogP contribution in [0.2, 0.25) is 0 Å². The molecule has 0 aromatic heterocycles. The second-order valence-electron chi connectivity index (χ2n) is 7.50. The van der Waals surface area contributed by atoms with E-state index in [4.69, 9.17) is 0 Å². The van der Waals surface area contributed by atoms with Crippen molar-refractivity contribution in [3.63, 3.8) is 0 Å². The molecule has 2 aliphatic rings. The van der Waals surface area contributed by atoms with Gasteiger partial charge in [-0.15, -0.1) is 0 Å². The van der Waals surface area contributed by atoms with Crippen molar-refractivity contribution < 1.29 is 14.4 Å². The summed E-state index contributed by atoms with van der Waals surface area (Å²) in [5, 5.41) is 2.91. The third-order valence-corrected chi connectivity index (χ3v) is 5.55. The quantitative estimate of drug-likeness (QED) is 0.735. The van der Waals surface area contributed by atoms with Gasteiger partial charge in [-0.25, -0.2) is 0 Å². The van der Waals surface area contributed by atoms with Gasteiger partial charge < -0.3 is 10.2 Å². The number of rotatable bonds is 7. The summed E-state index contributed by atoms with van der Waals surface area (Å²) in [7, 11) is 0. The first kappa shape index (κ1) is 19.2. The number of hydrogen-bond acceptors (Lipinski definition) is 3. The summed E-state index contributed by atoms with van der Waals surface area (Å²) in [5.41, 5.74) is 2.38. The number of benzene rings is 2. The molecule has 0 unspecified atom stereocenters. The summed E-state index contributed by atoms with van der Waals surface area (Å²) in [4.78, 5) is 42.0. The predicted octanol–water partition coefficient (Wildman–Crippen LogP) is 3.50. The zero-order chi connectivity index (χ0) is 20.4. The number of anilines is 1. The number of amides is 3. The third kappa shape index (κ3) is 3.39. The van der Waals surface area contributed by atoms with Gasteiger partial charge in [-0.05, 0) is 24.6 Å². The molecule has 0 radical (unpaired) electrons. The summed E-state index contributed by atoms with van der Waals surface area (Å²) in [6.07, 6.45) is 3.69. The Kier molecular flexibility index (Phi) is 5.34. The zero-order valence-corrected chi connectivity index (χ0v) is 16.6. The Morgan fingerprint density at radius 2 is 1.66 bits per heavy atom. The lowest BCUT2D eigenvalue weighted by atomic mass is 10.0. The van der Waals surface area contributed by atoms with E-state index in [1.165, 1.54) is 4.90 Å². The Balaban J connectivity index is 1.61. The van der Waals surface area contributed by atoms with E-state index in [9.17, 15) is 14.4 Å². The van der Waals surface area contributed by atoms with Gasteiger partial charge in [0.2, 0.25) is 5.91 Å². The van der Waals surface area contributed by atoms with E-state index >= 15 is 0 Å². The molecular weight excluding hydrogens is 366 g/mol. The minimum absolute atomic E-state index is 0.0796. The van der Waals surface area contributed by atoms with Gasteiger partial charge in [-0.1, -0.05) is 56.5 Å². The van der Waals surface area contributed by atoms with Gasteiger partial charge >= 0.3 is 0 Å². The molecule has 2 aromatic rings. The highest BCUT2D eigenvalue weighted by Gasteiger charge is 2.47. The number of para-hydroxylation sites is 1. The molecule has 0 saturated heterocycles. The van der Waals surface area contributed by atoms with Gasteiger partial charge in [0.1, 0.15) is 12.7 Å². The van der Waals surface area contributed by atoms with Crippen LogP contribution in [0, 0.1) is 0 Å². The van der Waals surface area contributed by atoms with Crippen LogP contribution in [0.15, 0.2) is 48.5 Å². The van der Waals surface area contributed by atoms with Crippen molar-refractivity contribution in [1.29, 1.82) is 0 Å². The third-order valence-electron chi connectivity index (χ3n) is 5.55. The molecule has 0 fully saturated rings. The maximum atomic E-state index is 13.2. The van der Waals surface area contributed by atoms with Crippen molar-refractivity contribution in [2.24, 2.45) is 0 Å². The fourth-order valence-electron chi connectivity index (χ4n) is 4.12. The summed E-state index contributed by atoms with van der Waals surface area (Å²) in [6.45, 7) is 2.66. The van der Waals surface area contributed by atoms with Crippen molar-refractivity contribution in [3.05, 3.63) is 65.2 Å². The van der Waals surface area contributed by atoms with Crippen LogP contribution in [-0.2, 0) is 4.79 Å². The fourth-order valence-corrected chi connectivity index (χ4v) is 4.12. The molecule has 0 saturated carbocycles. The molecule has 0 bridgehead atoms. The van der Waals surface area contributed by atoms with Crippen LogP contribution in [0.5, 0.6) is 0 Å². The highest BCUT2D eigenvalue weighted by atomic mass is 16.2. The summed E-state index contributed by atoms with van der Waals surface area (Å²) >= 11 is 0. The first-order valence-electron chi connectivity index (χ1n) is 10.2. The van der Waals surface area contributed by atoms with Crippen LogP contribution in [0.4, 0.5) is 5.69 Å². The van der Waals surface area contributed by atoms with E-state index in [1.54, 1.807) is 29.2 Å². The average molecular weight is 391 g/mol. The molecule has 4 rings (SSSR count). The summed E-state index contributed by atoms with van der Waals surface area (Å²) in [6, 6.07) is 14.4. The maximum absolute atomic E-state index is 13.2. The molecule has 1 N–H and O–H groups in total. The second kappa shape index (κ2) is 8.07. The van der Waals surface area contributed by atoms with Crippen molar-refractivity contribution in [2.75, 3.05) is 18.0 Å². The molecule has 2 aromatic carbocycles. The Hall–Kier alpha value is -3.15. The molecule has 0 spiro atoms. The number of hydrogen-bond donors (Lipinski definition) is 1. The van der Waals surface area contributed by atoms with E-state index in [0.717, 1.165) is 31.2 Å². The minimum Gasteiger partial charge on any atom is -0.355 e. The van der Waals surface area contributed by atoms with E-state index in [2.05, 4.69) is 12.2 Å². The Bertz CT molecular complexity index is 956. The molecule has 2 aliphatic heterocycles. The van der Waals surface area contributed by atoms with Crippen LogP contribution >= 0.6 is 0 Å². The molecule has 2 heterocycles. The molecule has 0 aliphatic carbocycles. The van der Waals surface area contributed by atoms with E-state index in [1.807, 2.05) is 24.3 Å². The lowest BCUT2D eigenvalue weighted by molar-refractivity contribution is -0.122. The summed E-state index contributed by atoms with van der Waals surface area (Å²) in [5.74, 6) is -0.575. The van der Waals surface area contributed by atoms with Crippen LogP contribution in [0.1, 0.15) is 65.1 Å². The minimum atomic E-state index is -0.591. The first-order valence-corrected chi connectivity index (χ1v) is 10.2. The van der Waals surface area contributed by atoms with Crippen LogP contribution in [0.3, 0.4) is 0 Å². The van der Waals surface area contributed by atoms with Gasteiger partial charge in [0.15, 0.2) is 0 Å². The van der Waals surface area contributed by atoms with Crippen molar-refractivity contribution in [1.82, 2.24) is 10.2 Å². The smallest absolute Gasteiger partial charge is 0.260 e. The summed E-state index contributed by atoms with van der Waals surface area (Å²) < 4.78 is 0. The largest absolute Gasteiger partial charge is 0.355 e. The van der Waals surface area contributed by atoms with Gasteiger partial charge in [0.05, 0.1) is 11.3 Å². The highest BCUT2D eigenvalue weighted by molar-refractivity contribution is 6.17. The number of nitrogens with one attached hydrogen (secondary N) is 1. The van der Waals surface area contributed by atoms with Crippen LogP contribution < -0.4 is 10.2 Å². The molecular formula is C23H25N3O3. The Morgan fingerprint density at radius 3 is 2.45 bits per heavy atom. The van der Waals surface area contributed by atoms with Gasteiger partial charge in [-0.2, -0.15) is 0 Å². The lowest BCUT2D eigenvalue weighted by Crippen LogP contribution is -2.51. The number of nitrogens with zero attached hydrogens (tertiary/aromatic N) is 2. The number of carbonyl (C=O) groups excluding carboxylic acids is 3.